The molecule has 0 saturated heterocycles. The lowest BCUT2D eigenvalue weighted by Gasteiger charge is -2.03. The molecule has 0 atom stereocenters. The topological polar surface area (TPSA) is 17.1 Å². The molecule has 0 bridgehead atoms. The molecule has 0 aromatic heterocycles. The zero-order chi connectivity index (χ0) is 8.97. The molecule has 0 aliphatic carbocycles. The van der Waals surface area contributed by atoms with Crippen LogP contribution in [0.4, 0.5) is 0 Å². The summed E-state index contributed by atoms with van der Waals surface area (Å²) in [5.74, 6) is 0. The maximum atomic E-state index is 10.2. The molecule has 1 aromatic rings. The molecular formula is C10H9BrO. The molecule has 1 rings (SSSR count). The van der Waals surface area contributed by atoms with Gasteiger partial charge in [0.2, 0.25) is 0 Å². The second-order valence-electron chi connectivity index (χ2n) is 2.45. The van der Waals surface area contributed by atoms with Crippen molar-refractivity contribution in [1.29, 1.82) is 0 Å². The highest BCUT2D eigenvalue weighted by Gasteiger charge is 2.01. The Kier molecular flexibility index (Phi) is 3.23. The fourth-order valence-corrected chi connectivity index (χ4v) is 1.52. The van der Waals surface area contributed by atoms with Gasteiger partial charge in [-0.25, -0.2) is 0 Å². The van der Waals surface area contributed by atoms with Crippen LogP contribution in [0, 0.1) is 0 Å². The first-order valence-electron chi connectivity index (χ1n) is 3.62. The molecule has 0 amide bonds. The van der Waals surface area contributed by atoms with Gasteiger partial charge in [0, 0.05) is 10.9 Å². The van der Waals surface area contributed by atoms with Crippen LogP contribution in [0.1, 0.15) is 12.0 Å². The second kappa shape index (κ2) is 4.21. The fourth-order valence-electron chi connectivity index (χ4n) is 0.958. The zero-order valence-electron chi connectivity index (χ0n) is 6.59. The van der Waals surface area contributed by atoms with Gasteiger partial charge in [0.15, 0.2) is 0 Å². The van der Waals surface area contributed by atoms with Gasteiger partial charge in [-0.2, -0.15) is 0 Å². The summed E-state index contributed by atoms with van der Waals surface area (Å²) in [7, 11) is 0. The minimum absolute atomic E-state index is 0.391. The number of hydrogen-bond acceptors (Lipinski definition) is 1. The quantitative estimate of drug-likeness (QED) is 0.722. The molecule has 1 aromatic carbocycles. The minimum Gasteiger partial charge on any atom is -0.303 e. The molecule has 0 N–H and O–H groups in total. The van der Waals surface area contributed by atoms with E-state index in [0.29, 0.717) is 6.42 Å². The third-order valence-corrected chi connectivity index (χ3v) is 2.28. The maximum Gasteiger partial charge on any atom is 0.124 e. The highest BCUT2D eigenvalue weighted by Crippen LogP contribution is 2.23. The van der Waals surface area contributed by atoms with Crippen LogP contribution in [0.25, 0.3) is 5.57 Å². The lowest BCUT2D eigenvalue weighted by molar-refractivity contribution is -0.107. The smallest absolute Gasteiger partial charge is 0.124 e. The lowest BCUT2D eigenvalue weighted by Crippen LogP contribution is -1.84. The van der Waals surface area contributed by atoms with Crippen molar-refractivity contribution >= 4 is 27.8 Å². The average Bonchev–Trinajstić information content (AvgIpc) is 2.05. The first-order chi connectivity index (χ1) is 5.75. The summed E-state index contributed by atoms with van der Waals surface area (Å²) in [6.45, 7) is 3.81. The van der Waals surface area contributed by atoms with E-state index in [1.807, 2.05) is 24.3 Å². The zero-order valence-corrected chi connectivity index (χ0v) is 8.17. The molecule has 12 heavy (non-hydrogen) atoms. The van der Waals surface area contributed by atoms with Gasteiger partial charge in [-0.1, -0.05) is 40.7 Å². The van der Waals surface area contributed by atoms with Crippen molar-refractivity contribution < 1.29 is 4.79 Å². The second-order valence-corrected chi connectivity index (χ2v) is 3.31. The molecule has 0 aliphatic rings. The Morgan fingerprint density at radius 1 is 1.50 bits per heavy atom. The highest BCUT2D eigenvalue weighted by atomic mass is 79.9. The summed E-state index contributed by atoms with van der Waals surface area (Å²) in [6.07, 6.45) is 1.25. The van der Waals surface area contributed by atoms with Gasteiger partial charge in [0.05, 0.1) is 0 Å². The molecule has 0 unspecified atom stereocenters. The molecule has 0 heterocycles. The van der Waals surface area contributed by atoms with Gasteiger partial charge < -0.3 is 4.79 Å². The van der Waals surface area contributed by atoms with E-state index in [4.69, 9.17) is 0 Å². The van der Waals surface area contributed by atoms with E-state index < -0.39 is 0 Å². The van der Waals surface area contributed by atoms with E-state index in [1.165, 1.54) is 0 Å². The van der Waals surface area contributed by atoms with Crippen LogP contribution in [0.15, 0.2) is 35.3 Å². The van der Waals surface area contributed by atoms with Gasteiger partial charge in [-0.15, -0.1) is 0 Å². The summed E-state index contributed by atoms with van der Waals surface area (Å²) >= 11 is 3.39. The summed E-state index contributed by atoms with van der Waals surface area (Å²) in [4.78, 5) is 10.2. The van der Waals surface area contributed by atoms with Crippen molar-refractivity contribution in [3.63, 3.8) is 0 Å². The number of halogens is 1. The lowest BCUT2D eigenvalue weighted by atomic mass is 10.1. The Hall–Kier alpha value is -0.890. The number of carbonyl (C=O) groups is 1. The Bertz CT molecular complexity index is 304. The number of rotatable bonds is 3. The van der Waals surface area contributed by atoms with E-state index in [-0.39, 0.29) is 0 Å². The summed E-state index contributed by atoms with van der Waals surface area (Å²) in [5.41, 5.74) is 1.85. The van der Waals surface area contributed by atoms with Crippen LogP contribution in [0.2, 0.25) is 0 Å². The largest absolute Gasteiger partial charge is 0.303 e. The van der Waals surface area contributed by atoms with E-state index in [2.05, 4.69) is 22.5 Å². The van der Waals surface area contributed by atoms with Crippen LogP contribution >= 0.6 is 15.9 Å². The van der Waals surface area contributed by atoms with Crippen molar-refractivity contribution in [1.82, 2.24) is 0 Å². The van der Waals surface area contributed by atoms with Crippen molar-refractivity contribution in [3.8, 4) is 0 Å². The predicted molar refractivity (Wildman–Crippen MR) is 53.9 cm³/mol. The standard InChI is InChI=1S/C10H9BrO/c1-8(6-7-12)9-4-2-3-5-10(9)11/h2-5,7H,1,6H2. The van der Waals surface area contributed by atoms with Crippen molar-refractivity contribution in [3.05, 3.63) is 40.9 Å². The summed E-state index contributed by atoms with van der Waals surface area (Å²) in [5, 5.41) is 0. The van der Waals surface area contributed by atoms with Crippen LogP contribution < -0.4 is 0 Å². The molecule has 62 valence electrons. The maximum absolute atomic E-state index is 10.2. The number of hydrogen-bond donors (Lipinski definition) is 0. The van der Waals surface area contributed by atoms with E-state index >= 15 is 0 Å². The molecule has 0 radical (unpaired) electrons. The van der Waals surface area contributed by atoms with Crippen LogP contribution in [-0.2, 0) is 4.79 Å². The number of allylic oxidation sites excluding steroid dienone is 1. The van der Waals surface area contributed by atoms with Crippen molar-refractivity contribution in [2.45, 2.75) is 6.42 Å². The molecular weight excluding hydrogens is 216 g/mol. The normalized spacial score (nSPS) is 9.42. The molecule has 0 fully saturated rings. The van der Waals surface area contributed by atoms with Crippen LogP contribution in [-0.4, -0.2) is 6.29 Å². The third kappa shape index (κ3) is 2.05. The Morgan fingerprint density at radius 2 is 2.17 bits per heavy atom. The van der Waals surface area contributed by atoms with E-state index in [9.17, 15) is 4.79 Å². The third-order valence-electron chi connectivity index (χ3n) is 1.58. The van der Waals surface area contributed by atoms with Gasteiger partial charge in [0.1, 0.15) is 6.29 Å². The minimum atomic E-state index is 0.391. The first kappa shape index (κ1) is 9.20. The van der Waals surface area contributed by atoms with Gasteiger partial charge in [-0.3, -0.25) is 0 Å². The number of benzene rings is 1. The number of carbonyl (C=O) groups excluding carboxylic acids is 1. The van der Waals surface area contributed by atoms with Gasteiger partial charge >= 0.3 is 0 Å². The highest BCUT2D eigenvalue weighted by molar-refractivity contribution is 9.10. The van der Waals surface area contributed by atoms with Gasteiger partial charge in [0.25, 0.3) is 0 Å². The molecule has 0 spiro atoms. The van der Waals surface area contributed by atoms with E-state index in [0.717, 1.165) is 21.9 Å². The average molecular weight is 225 g/mol. The van der Waals surface area contributed by atoms with Crippen molar-refractivity contribution in [2.24, 2.45) is 0 Å². The van der Waals surface area contributed by atoms with Crippen LogP contribution in [0.5, 0.6) is 0 Å². The Labute approximate surface area is 80.2 Å². The number of aldehydes is 1. The van der Waals surface area contributed by atoms with Gasteiger partial charge in [-0.05, 0) is 17.2 Å². The SMILES string of the molecule is C=C(CC=O)c1ccccc1Br. The van der Waals surface area contributed by atoms with Crippen molar-refractivity contribution in [2.75, 3.05) is 0 Å². The van der Waals surface area contributed by atoms with E-state index in [1.54, 1.807) is 0 Å². The fraction of sp³-hybridized carbons (Fsp3) is 0.100. The molecule has 2 heteroatoms. The summed E-state index contributed by atoms with van der Waals surface area (Å²) < 4.78 is 0.983. The monoisotopic (exact) mass is 224 g/mol. The molecule has 0 saturated carbocycles. The first-order valence-corrected chi connectivity index (χ1v) is 4.41. The Balaban J connectivity index is 2.94. The Morgan fingerprint density at radius 3 is 2.75 bits per heavy atom. The summed E-state index contributed by atoms with van der Waals surface area (Å²) in [6, 6.07) is 7.74. The molecule has 1 nitrogen and oxygen atoms in total. The predicted octanol–water partition coefficient (Wildman–Crippen LogP) is 3.05. The van der Waals surface area contributed by atoms with Crippen LogP contribution in [0.3, 0.4) is 0 Å². The molecule has 0 aliphatic heterocycles.